The molecule has 5 nitrogen and oxygen atoms in total. The van der Waals surface area contributed by atoms with E-state index >= 15 is 0 Å². The average Bonchev–Trinajstić information content (AvgIpc) is 2.64. The number of carbonyl (C=O) groups excluding carboxylic acids is 1. The number of aryl methyl sites for hydroxylation is 2. The predicted octanol–water partition coefficient (Wildman–Crippen LogP) is 2.64. The molecule has 0 saturated carbocycles. The smallest absolute Gasteiger partial charge is 0.450 e. The lowest BCUT2D eigenvalue weighted by Gasteiger charge is -2.12. The summed E-state index contributed by atoms with van der Waals surface area (Å²) < 4.78 is 49.4. The van der Waals surface area contributed by atoms with Gasteiger partial charge in [0.15, 0.2) is 0 Å². The fourth-order valence-electron chi connectivity index (χ4n) is 2.24. The molecule has 0 atom stereocenters. The predicted molar refractivity (Wildman–Crippen MR) is 67.2 cm³/mol. The maximum Gasteiger partial charge on any atom is 0.450 e. The molecule has 2 heterocycles. The largest absolute Gasteiger partial charge is 0.462 e. The van der Waals surface area contributed by atoms with Crippen LogP contribution >= 0.6 is 0 Å². The van der Waals surface area contributed by atoms with Gasteiger partial charge in [-0.3, -0.25) is 0 Å². The molecule has 0 aromatic carbocycles. The van der Waals surface area contributed by atoms with Gasteiger partial charge >= 0.3 is 17.8 Å². The first-order valence-electron chi connectivity index (χ1n) is 6.05. The maximum absolute atomic E-state index is 13.0. The summed E-state index contributed by atoms with van der Waals surface area (Å²) in [5.74, 6) is -2.82. The Morgan fingerprint density at radius 2 is 2.05 bits per heavy atom. The molecule has 0 fully saturated rings. The van der Waals surface area contributed by atoms with Gasteiger partial charge in [-0.1, -0.05) is 0 Å². The standard InChI is InChI=1S/C13H12F3NO4/c1-4-20-11(18)8-9-7(6(2)5-17(9)3)12(19)21-10(8)13(14,15)16/h5H,4H2,1-3H3. The Balaban J connectivity index is 2.98. The minimum absolute atomic E-state index is 0.0615. The third-order valence-corrected chi connectivity index (χ3v) is 2.97. The number of alkyl halides is 3. The highest BCUT2D eigenvalue weighted by atomic mass is 19.4. The van der Waals surface area contributed by atoms with Crippen LogP contribution in [0.5, 0.6) is 0 Å². The molecule has 8 heteroatoms. The van der Waals surface area contributed by atoms with Gasteiger partial charge in [-0.2, -0.15) is 13.2 Å². The Morgan fingerprint density at radius 1 is 1.43 bits per heavy atom. The van der Waals surface area contributed by atoms with E-state index in [9.17, 15) is 22.8 Å². The van der Waals surface area contributed by atoms with E-state index in [4.69, 9.17) is 0 Å². The first kappa shape index (κ1) is 15.1. The number of carbonyl (C=O) groups is 1. The average molecular weight is 303 g/mol. The summed E-state index contributed by atoms with van der Waals surface area (Å²) in [6, 6.07) is 0. The lowest BCUT2D eigenvalue weighted by Crippen LogP contribution is -2.20. The number of fused-ring (bicyclic) bond motifs is 1. The van der Waals surface area contributed by atoms with Crippen molar-refractivity contribution in [2.75, 3.05) is 6.61 Å². The van der Waals surface area contributed by atoms with Crippen molar-refractivity contribution < 1.29 is 27.1 Å². The van der Waals surface area contributed by atoms with Crippen molar-refractivity contribution in [1.82, 2.24) is 4.57 Å². The van der Waals surface area contributed by atoms with Gasteiger partial charge in [-0.05, 0) is 19.4 Å². The fourth-order valence-corrected chi connectivity index (χ4v) is 2.24. The highest BCUT2D eigenvalue weighted by Gasteiger charge is 2.42. The molecule has 21 heavy (non-hydrogen) atoms. The first-order chi connectivity index (χ1) is 9.68. The highest BCUT2D eigenvalue weighted by molar-refractivity contribution is 6.04. The van der Waals surface area contributed by atoms with E-state index in [2.05, 4.69) is 9.15 Å². The summed E-state index contributed by atoms with van der Waals surface area (Å²) in [5, 5.41) is -0.0615. The van der Waals surface area contributed by atoms with Crippen LogP contribution in [0.3, 0.4) is 0 Å². The number of ether oxygens (including phenoxy) is 1. The van der Waals surface area contributed by atoms with Gasteiger partial charge in [0, 0.05) is 13.2 Å². The molecule has 0 unspecified atom stereocenters. The molecule has 0 aliphatic rings. The second kappa shape index (κ2) is 4.94. The van der Waals surface area contributed by atoms with Crippen LogP contribution in [0.2, 0.25) is 0 Å². The zero-order valence-corrected chi connectivity index (χ0v) is 11.5. The van der Waals surface area contributed by atoms with Crippen LogP contribution in [0, 0.1) is 6.92 Å². The lowest BCUT2D eigenvalue weighted by atomic mass is 10.1. The van der Waals surface area contributed by atoms with Crippen LogP contribution in [0.15, 0.2) is 15.4 Å². The molecule has 2 aromatic rings. The molecule has 2 aromatic heterocycles. The third kappa shape index (κ3) is 2.41. The zero-order valence-electron chi connectivity index (χ0n) is 11.5. The fraction of sp³-hybridized carbons (Fsp3) is 0.385. The number of esters is 1. The summed E-state index contributed by atoms with van der Waals surface area (Å²) in [7, 11) is 1.44. The van der Waals surface area contributed by atoms with E-state index in [0.29, 0.717) is 5.56 Å². The van der Waals surface area contributed by atoms with Gasteiger partial charge in [0.1, 0.15) is 5.56 Å². The summed E-state index contributed by atoms with van der Waals surface area (Å²) in [5.41, 5.74) is -1.65. The Hall–Kier alpha value is -2.25. The van der Waals surface area contributed by atoms with Crippen LogP contribution in [-0.2, 0) is 18.0 Å². The van der Waals surface area contributed by atoms with E-state index in [1.54, 1.807) is 6.92 Å². The molecule has 0 aliphatic heterocycles. The number of nitrogens with zero attached hydrogens (tertiary/aromatic N) is 1. The van der Waals surface area contributed by atoms with Crippen molar-refractivity contribution in [3.63, 3.8) is 0 Å². The van der Waals surface area contributed by atoms with Crippen molar-refractivity contribution in [3.05, 3.63) is 33.5 Å². The topological polar surface area (TPSA) is 61.4 Å². The number of rotatable bonds is 2. The van der Waals surface area contributed by atoms with E-state index in [0.717, 1.165) is 0 Å². The molecule has 0 N–H and O–H groups in total. The molecular formula is C13H12F3NO4. The zero-order chi connectivity index (χ0) is 15.9. The molecule has 0 amide bonds. The molecule has 114 valence electrons. The summed E-state index contributed by atoms with van der Waals surface area (Å²) in [6.45, 7) is 2.92. The Morgan fingerprint density at radius 3 is 2.57 bits per heavy atom. The van der Waals surface area contributed by atoms with Gasteiger partial charge in [0.05, 0.1) is 17.5 Å². The molecule has 0 bridgehead atoms. The molecule has 0 radical (unpaired) electrons. The Bertz CT molecular complexity index is 770. The summed E-state index contributed by atoms with van der Waals surface area (Å²) in [6.07, 6.45) is -3.53. The van der Waals surface area contributed by atoms with Crippen molar-refractivity contribution in [2.45, 2.75) is 20.0 Å². The van der Waals surface area contributed by atoms with Gasteiger partial charge in [0.25, 0.3) is 0 Å². The minimum atomic E-state index is -4.98. The van der Waals surface area contributed by atoms with Gasteiger partial charge in [-0.15, -0.1) is 0 Å². The third-order valence-electron chi connectivity index (χ3n) is 2.97. The SMILES string of the molecule is CCOC(=O)c1c(C(F)(F)F)oc(=O)c2c(C)cn(C)c12. The van der Waals surface area contributed by atoms with Gasteiger partial charge in [-0.25, -0.2) is 9.59 Å². The molecule has 0 saturated heterocycles. The summed E-state index contributed by atoms with van der Waals surface area (Å²) >= 11 is 0. The Labute approximate surface area is 116 Å². The second-order valence-corrected chi connectivity index (χ2v) is 4.46. The van der Waals surface area contributed by atoms with Crippen LogP contribution < -0.4 is 5.63 Å². The monoisotopic (exact) mass is 303 g/mol. The van der Waals surface area contributed by atoms with Gasteiger partial charge < -0.3 is 13.7 Å². The number of hydrogen-bond acceptors (Lipinski definition) is 4. The number of aromatic nitrogens is 1. The van der Waals surface area contributed by atoms with E-state index in [1.165, 1.54) is 24.7 Å². The van der Waals surface area contributed by atoms with Crippen LogP contribution in [0.4, 0.5) is 13.2 Å². The van der Waals surface area contributed by atoms with Gasteiger partial charge in [0.2, 0.25) is 5.76 Å². The van der Waals surface area contributed by atoms with Crippen molar-refractivity contribution in [1.29, 1.82) is 0 Å². The second-order valence-electron chi connectivity index (χ2n) is 4.46. The molecular weight excluding hydrogens is 291 g/mol. The van der Waals surface area contributed by atoms with Crippen LogP contribution in [-0.4, -0.2) is 17.1 Å². The van der Waals surface area contributed by atoms with Crippen molar-refractivity contribution in [2.24, 2.45) is 7.05 Å². The lowest BCUT2D eigenvalue weighted by molar-refractivity contribution is -0.155. The number of halogens is 3. The van der Waals surface area contributed by atoms with E-state index in [1.807, 2.05) is 0 Å². The molecule has 2 rings (SSSR count). The normalized spacial score (nSPS) is 11.9. The molecule has 0 aliphatic carbocycles. The van der Waals surface area contributed by atoms with Crippen molar-refractivity contribution >= 4 is 16.9 Å². The summed E-state index contributed by atoms with van der Waals surface area (Å²) in [4.78, 5) is 23.7. The highest BCUT2D eigenvalue weighted by Crippen LogP contribution is 2.35. The maximum atomic E-state index is 13.0. The van der Waals surface area contributed by atoms with Crippen LogP contribution in [0.1, 0.15) is 28.6 Å². The van der Waals surface area contributed by atoms with E-state index < -0.39 is 29.1 Å². The van der Waals surface area contributed by atoms with E-state index in [-0.39, 0.29) is 17.5 Å². The Kier molecular flexibility index (Phi) is 3.56. The first-order valence-corrected chi connectivity index (χ1v) is 6.05. The van der Waals surface area contributed by atoms with Crippen molar-refractivity contribution in [3.8, 4) is 0 Å². The van der Waals surface area contributed by atoms with Crippen LogP contribution in [0.25, 0.3) is 10.9 Å². The quantitative estimate of drug-likeness (QED) is 0.800. The minimum Gasteiger partial charge on any atom is -0.462 e. The molecule has 0 spiro atoms. The number of hydrogen-bond donors (Lipinski definition) is 0.